The molecule has 1 aliphatic carbocycles. The van der Waals surface area contributed by atoms with Crippen LogP contribution in [-0.2, 0) is 10.0 Å². The number of methoxy groups -OCH3 is 1. The number of hydrogen-bond donors (Lipinski definition) is 2. The minimum atomic E-state index is -3.76. The van der Waals surface area contributed by atoms with Gasteiger partial charge in [-0.1, -0.05) is 42.0 Å². The fraction of sp³-hybridized carbons (Fsp3) is 0.231. The maximum atomic E-state index is 13.2. The summed E-state index contributed by atoms with van der Waals surface area (Å²) in [6, 6.07) is 18.8. The van der Waals surface area contributed by atoms with Crippen molar-refractivity contribution in [3.63, 3.8) is 0 Å². The summed E-state index contributed by atoms with van der Waals surface area (Å²) in [6.07, 6.45) is 5.33. The number of anilines is 2. The molecule has 7 heteroatoms. The number of allylic oxidation sites excluding steroid dienone is 2. The highest BCUT2D eigenvalue weighted by molar-refractivity contribution is 7.92. The van der Waals surface area contributed by atoms with Crippen LogP contribution in [0, 0.1) is 12.8 Å². The highest BCUT2D eigenvalue weighted by Gasteiger charge is 2.38. The van der Waals surface area contributed by atoms with E-state index in [0.717, 1.165) is 23.4 Å². The van der Waals surface area contributed by atoms with Crippen LogP contribution in [0.1, 0.15) is 35.1 Å². The van der Waals surface area contributed by atoms with Crippen molar-refractivity contribution in [2.45, 2.75) is 30.2 Å². The molecule has 0 amide bonds. The Bertz CT molecular complexity index is 1340. The molecule has 0 aromatic heterocycles. The first-order chi connectivity index (χ1) is 15.9. The Hall–Kier alpha value is -2.96. The van der Waals surface area contributed by atoms with Gasteiger partial charge in [-0.25, -0.2) is 8.42 Å². The van der Waals surface area contributed by atoms with E-state index in [1.165, 1.54) is 5.56 Å². The van der Waals surface area contributed by atoms with Gasteiger partial charge in [-0.15, -0.1) is 0 Å². The average molecular weight is 481 g/mol. The van der Waals surface area contributed by atoms with Crippen LogP contribution < -0.4 is 14.8 Å². The van der Waals surface area contributed by atoms with Crippen LogP contribution in [0.25, 0.3) is 0 Å². The predicted molar refractivity (Wildman–Crippen MR) is 133 cm³/mol. The fourth-order valence-corrected chi connectivity index (χ4v) is 6.13. The van der Waals surface area contributed by atoms with Crippen molar-refractivity contribution >= 4 is 33.0 Å². The van der Waals surface area contributed by atoms with Crippen LogP contribution in [0.4, 0.5) is 11.4 Å². The second kappa shape index (κ2) is 8.43. The molecule has 3 atom stereocenters. The third-order valence-corrected chi connectivity index (χ3v) is 8.40. The number of hydrogen-bond acceptors (Lipinski definition) is 4. The molecule has 0 radical (unpaired) electrons. The molecule has 5 nitrogen and oxygen atoms in total. The zero-order valence-electron chi connectivity index (χ0n) is 18.4. The van der Waals surface area contributed by atoms with Crippen LogP contribution in [-0.4, -0.2) is 15.5 Å². The first-order valence-corrected chi connectivity index (χ1v) is 12.7. The number of fused-ring (bicyclic) bond motifs is 3. The molecule has 33 heavy (non-hydrogen) atoms. The first-order valence-electron chi connectivity index (χ1n) is 10.9. The highest BCUT2D eigenvalue weighted by Crippen LogP contribution is 2.50. The smallest absolute Gasteiger partial charge is 0.261 e. The quantitative estimate of drug-likeness (QED) is 0.421. The summed E-state index contributed by atoms with van der Waals surface area (Å²) in [5.41, 5.74) is 4.33. The second-order valence-corrected chi connectivity index (χ2v) is 10.6. The first kappa shape index (κ1) is 21.9. The van der Waals surface area contributed by atoms with Crippen LogP contribution >= 0.6 is 11.6 Å². The Labute approximate surface area is 199 Å². The van der Waals surface area contributed by atoms with Crippen LogP contribution in [0.3, 0.4) is 0 Å². The zero-order chi connectivity index (χ0) is 23.2. The summed E-state index contributed by atoms with van der Waals surface area (Å²) in [7, 11) is -2.10. The standard InChI is InChI=1S/C26H25ClN2O3S/c1-16-23(27)7-4-8-24(16)29-33(30,31)19-13-14-25-22(15-19)20-5-3-6-21(20)26(28-25)17-9-11-18(32-2)12-10-17/h3-5,7-15,20-21,26,28-29H,6H2,1-2H3/t20-,21+,26+/m0/s1. The minimum absolute atomic E-state index is 0.137. The van der Waals surface area contributed by atoms with Gasteiger partial charge >= 0.3 is 0 Å². The van der Waals surface area contributed by atoms with Crippen molar-refractivity contribution in [1.29, 1.82) is 0 Å². The van der Waals surface area contributed by atoms with Gasteiger partial charge in [-0.05, 0) is 78.4 Å². The Morgan fingerprint density at radius 2 is 1.88 bits per heavy atom. The van der Waals surface area contributed by atoms with E-state index < -0.39 is 10.0 Å². The number of halogens is 1. The summed E-state index contributed by atoms with van der Waals surface area (Å²) in [5, 5.41) is 4.18. The lowest BCUT2D eigenvalue weighted by Gasteiger charge is -2.37. The van der Waals surface area contributed by atoms with Crippen LogP contribution in [0.15, 0.2) is 77.7 Å². The van der Waals surface area contributed by atoms with Gasteiger partial charge in [0.2, 0.25) is 0 Å². The lowest BCUT2D eigenvalue weighted by Crippen LogP contribution is -2.29. The van der Waals surface area contributed by atoms with E-state index in [1.54, 1.807) is 44.4 Å². The van der Waals surface area contributed by atoms with E-state index in [2.05, 4.69) is 34.3 Å². The molecule has 2 N–H and O–H groups in total. The Morgan fingerprint density at radius 1 is 1.09 bits per heavy atom. The van der Waals surface area contributed by atoms with E-state index in [1.807, 2.05) is 18.2 Å². The molecule has 5 rings (SSSR count). The topological polar surface area (TPSA) is 67.4 Å². The van der Waals surface area contributed by atoms with Gasteiger partial charge in [-0.3, -0.25) is 4.72 Å². The molecule has 0 fully saturated rings. The van der Waals surface area contributed by atoms with Gasteiger partial charge in [0.25, 0.3) is 10.0 Å². The van der Waals surface area contributed by atoms with Crippen LogP contribution in [0.2, 0.25) is 5.02 Å². The minimum Gasteiger partial charge on any atom is -0.497 e. The molecule has 0 bridgehead atoms. The van der Waals surface area contributed by atoms with Crippen molar-refractivity contribution < 1.29 is 13.2 Å². The Morgan fingerprint density at radius 3 is 2.64 bits per heavy atom. The van der Waals surface area contributed by atoms with Gasteiger partial charge < -0.3 is 10.1 Å². The maximum Gasteiger partial charge on any atom is 0.261 e. The third-order valence-electron chi connectivity index (χ3n) is 6.63. The zero-order valence-corrected chi connectivity index (χ0v) is 20.0. The predicted octanol–water partition coefficient (Wildman–Crippen LogP) is 6.28. The molecule has 3 aromatic carbocycles. The number of sulfonamides is 1. The monoisotopic (exact) mass is 480 g/mol. The highest BCUT2D eigenvalue weighted by atomic mass is 35.5. The van der Waals surface area contributed by atoms with Gasteiger partial charge in [0.1, 0.15) is 5.75 Å². The van der Waals surface area contributed by atoms with Crippen LogP contribution in [0.5, 0.6) is 5.75 Å². The molecule has 0 saturated carbocycles. The summed E-state index contributed by atoms with van der Waals surface area (Å²) in [6.45, 7) is 1.80. The van der Waals surface area contributed by atoms with E-state index in [4.69, 9.17) is 16.3 Å². The molecule has 0 unspecified atom stereocenters. The van der Waals surface area contributed by atoms with Crippen molar-refractivity contribution in [2.75, 3.05) is 17.1 Å². The van der Waals surface area contributed by atoms with Crippen molar-refractivity contribution in [3.8, 4) is 5.75 Å². The molecular formula is C26H25ClN2O3S. The molecule has 3 aromatic rings. The number of ether oxygens (including phenoxy) is 1. The molecule has 2 aliphatic rings. The Balaban J connectivity index is 1.48. The number of benzene rings is 3. The largest absolute Gasteiger partial charge is 0.497 e. The lowest BCUT2D eigenvalue weighted by molar-refractivity contribution is 0.411. The van der Waals surface area contributed by atoms with E-state index in [-0.39, 0.29) is 16.9 Å². The van der Waals surface area contributed by atoms with E-state index in [9.17, 15) is 8.42 Å². The number of nitrogens with one attached hydrogen (secondary N) is 2. The molecule has 0 saturated heterocycles. The maximum absolute atomic E-state index is 13.2. The molecule has 170 valence electrons. The summed E-state index contributed by atoms with van der Waals surface area (Å²) in [4.78, 5) is 0.240. The fourth-order valence-electron chi connectivity index (χ4n) is 4.80. The van der Waals surface area contributed by atoms with Crippen molar-refractivity contribution in [3.05, 3.63) is 94.5 Å². The van der Waals surface area contributed by atoms with E-state index >= 15 is 0 Å². The molecule has 1 aliphatic heterocycles. The second-order valence-electron chi connectivity index (χ2n) is 8.52. The van der Waals surface area contributed by atoms with Crippen molar-refractivity contribution in [1.82, 2.24) is 0 Å². The summed E-state index contributed by atoms with van der Waals surface area (Å²) in [5.74, 6) is 1.29. The van der Waals surface area contributed by atoms with Gasteiger partial charge in [0.05, 0.1) is 23.7 Å². The SMILES string of the molecule is COc1ccc([C@H]2Nc3ccc(S(=O)(=O)Nc4cccc(Cl)c4C)cc3[C@H]3C=CC[C@H]32)cc1. The number of rotatable bonds is 5. The summed E-state index contributed by atoms with van der Waals surface area (Å²) < 4.78 is 34.4. The van der Waals surface area contributed by atoms with Crippen molar-refractivity contribution in [2.24, 2.45) is 5.92 Å². The summed E-state index contributed by atoms with van der Waals surface area (Å²) >= 11 is 6.17. The molecule has 1 heterocycles. The van der Waals surface area contributed by atoms with E-state index in [0.29, 0.717) is 22.2 Å². The van der Waals surface area contributed by atoms with Gasteiger partial charge in [0, 0.05) is 16.6 Å². The lowest BCUT2D eigenvalue weighted by atomic mass is 9.77. The molecule has 0 spiro atoms. The van der Waals surface area contributed by atoms with Gasteiger partial charge in [-0.2, -0.15) is 0 Å². The molecular weight excluding hydrogens is 456 g/mol. The average Bonchev–Trinajstić information content (AvgIpc) is 3.31. The van der Waals surface area contributed by atoms with Gasteiger partial charge in [0.15, 0.2) is 0 Å². The Kier molecular flexibility index (Phi) is 5.59. The normalized spacial score (nSPS) is 21.1. The third kappa shape index (κ3) is 3.98.